The van der Waals surface area contributed by atoms with Gasteiger partial charge in [-0.05, 0) is 24.1 Å². The zero-order chi connectivity index (χ0) is 17.8. The normalized spacial score (nSPS) is 12.1. The lowest BCUT2D eigenvalue weighted by Gasteiger charge is -2.17. The molecule has 0 aliphatic heterocycles. The van der Waals surface area contributed by atoms with Crippen molar-refractivity contribution in [3.8, 4) is 0 Å². The Kier molecular flexibility index (Phi) is 4.85. The summed E-state index contributed by atoms with van der Waals surface area (Å²) in [5.41, 5.74) is 2.56. The summed E-state index contributed by atoms with van der Waals surface area (Å²) in [7, 11) is 1.61. The molecule has 3 rings (SSSR count). The predicted molar refractivity (Wildman–Crippen MR) is 94.6 cm³/mol. The van der Waals surface area contributed by atoms with E-state index in [2.05, 4.69) is 10.6 Å². The molecule has 0 bridgehead atoms. The fraction of sp³-hybridized carbons (Fsp3) is 0.222. The number of aliphatic hydroxyl groups is 1. The van der Waals surface area contributed by atoms with Gasteiger partial charge in [-0.25, -0.2) is 9.59 Å². The van der Waals surface area contributed by atoms with Gasteiger partial charge in [0.05, 0.1) is 18.2 Å². The zero-order valence-corrected chi connectivity index (χ0v) is 13.7. The van der Waals surface area contributed by atoms with Crippen molar-refractivity contribution in [2.24, 2.45) is 7.05 Å². The molecule has 0 radical (unpaired) electrons. The quantitative estimate of drug-likeness (QED) is 0.660. The first-order valence-corrected chi connectivity index (χ1v) is 7.88. The number of carbonyl (C=O) groups is 1. The molecule has 1 atom stereocenters. The Balaban J connectivity index is 1.66. The van der Waals surface area contributed by atoms with Crippen LogP contribution in [0.4, 0.5) is 10.5 Å². The second kappa shape index (κ2) is 7.23. The molecule has 2 aromatic carbocycles. The Morgan fingerprint density at radius 2 is 2.00 bits per heavy atom. The zero-order valence-electron chi connectivity index (χ0n) is 13.7. The van der Waals surface area contributed by atoms with Crippen LogP contribution in [0.15, 0.2) is 57.7 Å². The third-order valence-corrected chi connectivity index (χ3v) is 3.93. The molecule has 0 spiro atoms. The van der Waals surface area contributed by atoms with Crippen LogP contribution in [0.1, 0.15) is 5.56 Å². The van der Waals surface area contributed by atoms with Crippen LogP contribution in [0, 0.1) is 0 Å². The number of urea groups is 1. The van der Waals surface area contributed by atoms with E-state index in [1.165, 1.54) is 4.57 Å². The van der Waals surface area contributed by atoms with E-state index < -0.39 is 17.8 Å². The highest BCUT2D eigenvalue weighted by Crippen LogP contribution is 2.17. The van der Waals surface area contributed by atoms with Gasteiger partial charge in [-0.2, -0.15) is 0 Å². The number of nitrogens with one attached hydrogen (secondary N) is 2. The van der Waals surface area contributed by atoms with Crippen molar-refractivity contribution in [2.75, 3.05) is 11.9 Å². The third-order valence-electron chi connectivity index (χ3n) is 3.93. The number of oxazole rings is 1. The molecule has 0 aliphatic rings. The van der Waals surface area contributed by atoms with Gasteiger partial charge in [-0.1, -0.05) is 30.3 Å². The van der Waals surface area contributed by atoms with Crippen LogP contribution in [0.2, 0.25) is 0 Å². The van der Waals surface area contributed by atoms with Crippen molar-refractivity contribution in [3.05, 3.63) is 64.6 Å². The van der Waals surface area contributed by atoms with Gasteiger partial charge >= 0.3 is 11.8 Å². The number of nitrogens with zero attached hydrogens (tertiary/aromatic N) is 1. The molecule has 0 saturated heterocycles. The van der Waals surface area contributed by atoms with Crippen molar-refractivity contribution in [3.63, 3.8) is 0 Å². The van der Waals surface area contributed by atoms with Gasteiger partial charge < -0.3 is 20.2 Å². The molecule has 2 amide bonds. The number of benzene rings is 2. The number of carbonyl (C=O) groups excluding carboxylic acids is 1. The molecule has 130 valence electrons. The van der Waals surface area contributed by atoms with Gasteiger partial charge in [0.15, 0.2) is 5.58 Å². The number of rotatable bonds is 5. The van der Waals surface area contributed by atoms with Crippen molar-refractivity contribution < 1.29 is 14.3 Å². The average molecular weight is 341 g/mol. The Labute approximate surface area is 143 Å². The minimum atomic E-state index is -0.459. The second-order valence-electron chi connectivity index (χ2n) is 5.78. The summed E-state index contributed by atoms with van der Waals surface area (Å²) in [6.07, 6.45) is 0.525. The van der Waals surface area contributed by atoms with Crippen LogP contribution < -0.4 is 16.4 Å². The SMILES string of the molecule is Cn1c(=O)oc2cc(NC(=O)N[C@@H](CO)Cc3ccccc3)ccc21. The molecule has 25 heavy (non-hydrogen) atoms. The van der Waals surface area contributed by atoms with Gasteiger partial charge in [-0.15, -0.1) is 0 Å². The molecule has 0 aliphatic carbocycles. The number of aromatic nitrogens is 1. The van der Waals surface area contributed by atoms with Crippen molar-refractivity contribution >= 4 is 22.8 Å². The highest BCUT2D eigenvalue weighted by Gasteiger charge is 2.13. The van der Waals surface area contributed by atoms with Gasteiger partial charge in [0.1, 0.15) is 0 Å². The molecule has 1 aromatic heterocycles. The van der Waals surface area contributed by atoms with Gasteiger partial charge in [0.25, 0.3) is 0 Å². The lowest BCUT2D eigenvalue weighted by molar-refractivity contribution is 0.224. The van der Waals surface area contributed by atoms with Gasteiger partial charge in [-0.3, -0.25) is 4.57 Å². The number of aliphatic hydroxyl groups excluding tert-OH is 1. The first-order valence-electron chi connectivity index (χ1n) is 7.88. The summed E-state index contributed by atoms with van der Waals surface area (Å²) in [5, 5.41) is 14.9. The van der Waals surface area contributed by atoms with E-state index in [1.54, 1.807) is 25.2 Å². The largest absolute Gasteiger partial charge is 0.419 e. The topological polar surface area (TPSA) is 96.5 Å². The molecular formula is C18H19N3O4. The summed E-state index contributed by atoms with van der Waals surface area (Å²) in [5.74, 6) is -0.459. The smallest absolute Gasteiger partial charge is 0.408 e. The Morgan fingerprint density at radius 1 is 1.24 bits per heavy atom. The maximum atomic E-state index is 12.1. The third kappa shape index (κ3) is 3.89. The van der Waals surface area contributed by atoms with Crippen LogP contribution in [0.3, 0.4) is 0 Å². The maximum absolute atomic E-state index is 12.1. The Bertz CT molecular complexity index is 930. The summed E-state index contributed by atoms with van der Waals surface area (Å²) < 4.78 is 6.49. The standard InChI is InChI=1S/C18H19N3O4/c1-21-15-8-7-13(10-16(15)25-18(21)24)19-17(23)20-14(11-22)9-12-5-3-2-4-6-12/h2-8,10,14,22H,9,11H2,1H3,(H2,19,20,23)/t14-/m1/s1. The van der Waals surface area contributed by atoms with Crippen LogP contribution in [0.5, 0.6) is 0 Å². The predicted octanol–water partition coefficient (Wildman–Crippen LogP) is 1.86. The van der Waals surface area contributed by atoms with Crippen molar-refractivity contribution in [2.45, 2.75) is 12.5 Å². The fourth-order valence-corrected chi connectivity index (χ4v) is 2.62. The number of fused-ring (bicyclic) bond motifs is 1. The number of hydrogen-bond donors (Lipinski definition) is 3. The van der Waals surface area contributed by atoms with E-state index in [1.807, 2.05) is 30.3 Å². The van der Waals surface area contributed by atoms with E-state index in [9.17, 15) is 14.7 Å². The summed E-state index contributed by atoms with van der Waals surface area (Å²) >= 11 is 0. The van der Waals surface area contributed by atoms with E-state index in [4.69, 9.17) is 4.42 Å². The first kappa shape index (κ1) is 16.8. The average Bonchev–Trinajstić information content (AvgIpc) is 2.89. The van der Waals surface area contributed by atoms with Gasteiger partial charge in [0, 0.05) is 18.8 Å². The molecule has 3 N–H and O–H groups in total. The van der Waals surface area contributed by atoms with Crippen molar-refractivity contribution in [1.29, 1.82) is 0 Å². The molecule has 0 saturated carbocycles. The van der Waals surface area contributed by atoms with Gasteiger partial charge in [0.2, 0.25) is 0 Å². The van der Waals surface area contributed by atoms with E-state index in [-0.39, 0.29) is 6.61 Å². The molecular weight excluding hydrogens is 322 g/mol. The highest BCUT2D eigenvalue weighted by atomic mass is 16.4. The minimum Gasteiger partial charge on any atom is -0.408 e. The maximum Gasteiger partial charge on any atom is 0.419 e. The monoisotopic (exact) mass is 341 g/mol. The van der Waals surface area contributed by atoms with Crippen LogP contribution in [-0.2, 0) is 13.5 Å². The summed E-state index contributed by atoms with van der Waals surface area (Å²) in [6.45, 7) is -0.172. The highest BCUT2D eigenvalue weighted by molar-refractivity contribution is 5.91. The molecule has 3 aromatic rings. The Hall–Kier alpha value is -3.06. The number of anilines is 1. The van der Waals surface area contributed by atoms with Crippen LogP contribution in [-0.4, -0.2) is 28.4 Å². The minimum absolute atomic E-state index is 0.172. The molecule has 7 nitrogen and oxygen atoms in total. The lowest BCUT2D eigenvalue weighted by Crippen LogP contribution is -2.41. The number of aryl methyl sites for hydroxylation is 1. The first-order chi connectivity index (χ1) is 12.1. The second-order valence-corrected chi connectivity index (χ2v) is 5.78. The molecule has 1 heterocycles. The Morgan fingerprint density at radius 3 is 2.72 bits per heavy atom. The van der Waals surface area contributed by atoms with Crippen LogP contribution in [0.25, 0.3) is 11.1 Å². The molecule has 0 unspecified atom stereocenters. The van der Waals surface area contributed by atoms with Crippen LogP contribution >= 0.6 is 0 Å². The molecule has 7 heteroatoms. The fourth-order valence-electron chi connectivity index (χ4n) is 2.62. The summed E-state index contributed by atoms with van der Waals surface area (Å²) in [4.78, 5) is 23.6. The van der Waals surface area contributed by atoms with E-state index in [0.29, 0.717) is 23.2 Å². The van der Waals surface area contributed by atoms with E-state index in [0.717, 1.165) is 5.56 Å². The number of hydrogen-bond acceptors (Lipinski definition) is 4. The van der Waals surface area contributed by atoms with Crippen molar-refractivity contribution in [1.82, 2.24) is 9.88 Å². The summed E-state index contributed by atoms with van der Waals surface area (Å²) in [6, 6.07) is 13.7. The number of amides is 2. The molecule has 0 fully saturated rings. The lowest BCUT2D eigenvalue weighted by atomic mass is 10.1. The van der Waals surface area contributed by atoms with E-state index >= 15 is 0 Å².